The van der Waals surface area contributed by atoms with E-state index in [1.165, 1.54) is 7.11 Å². The minimum atomic E-state index is -4.64. The highest BCUT2D eigenvalue weighted by Crippen LogP contribution is 2.34. The quantitative estimate of drug-likeness (QED) is 0.640. The van der Waals surface area contributed by atoms with E-state index in [1.807, 2.05) is 4.72 Å². The molecule has 0 aliphatic rings. The van der Waals surface area contributed by atoms with Gasteiger partial charge in [-0.25, -0.2) is 8.42 Å². The summed E-state index contributed by atoms with van der Waals surface area (Å²) < 4.78 is 68.0. The zero-order valence-corrected chi connectivity index (χ0v) is 15.0. The zero-order chi connectivity index (χ0) is 18.5. The Labute approximate surface area is 149 Å². The second-order valence-corrected chi connectivity index (χ2v) is 6.73. The smallest absolute Gasteiger partial charge is 0.380 e. The molecule has 0 aliphatic carbocycles. The Balaban J connectivity index is 0.00000576. The van der Waals surface area contributed by atoms with Gasteiger partial charge in [0.05, 0.1) is 35.7 Å². The van der Waals surface area contributed by atoms with Gasteiger partial charge in [0.2, 0.25) is 15.9 Å². The molecule has 4 N–H and O–H groups in total. The lowest BCUT2D eigenvalue weighted by atomic mass is 10.1. The topological polar surface area (TPSA) is 111 Å². The van der Waals surface area contributed by atoms with Gasteiger partial charge >= 0.3 is 6.18 Å². The SMILES string of the molecule is COC(CN)CC(=O)Nc1cc(C(F)(F)F)ccc1NS(C)(=O)=O.Cl. The van der Waals surface area contributed by atoms with Crippen LogP contribution in [0.1, 0.15) is 12.0 Å². The van der Waals surface area contributed by atoms with Gasteiger partial charge in [-0.05, 0) is 18.2 Å². The van der Waals surface area contributed by atoms with Gasteiger partial charge in [-0.3, -0.25) is 9.52 Å². The molecule has 1 atom stereocenters. The number of hydrogen-bond acceptors (Lipinski definition) is 5. The number of ether oxygens (including phenoxy) is 1. The van der Waals surface area contributed by atoms with Crippen molar-refractivity contribution in [2.75, 3.05) is 29.9 Å². The summed E-state index contributed by atoms with van der Waals surface area (Å²) in [5, 5.41) is 2.24. The number of amides is 1. The average Bonchev–Trinajstić information content (AvgIpc) is 2.44. The first-order valence-electron chi connectivity index (χ1n) is 6.68. The van der Waals surface area contributed by atoms with E-state index in [1.54, 1.807) is 0 Å². The van der Waals surface area contributed by atoms with Crippen LogP contribution in [-0.2, 0) is 25.7 Å². The molecule has 0 heterocycles. The number of nitrogens with two attached hydrogens (primary N) is 1. The summed E-state index contributed by atoms with van der Waals surface area (Å²) in [6.45, 7) is 0.0426. The third-order valence-corrected chi connectivity index (χ3v) is 3.52. The highest BCUT2D eigenvalue weighted by molar-refractivity contribution is 7.92. The largest absolute Gasteiger partial charge is 0.416 e. The maximum absolute atomic E-state index is 12.8. The molecule has 0 fully saturated rings. The maximum Gasteiger partial charge on any atom is 0.416 e. The van der Waals surface area contributed by atoms with Crippen LogP contribution >= 0.6 is 12.4 Å². The Kier molecular flexibility index (Phi) is 8.65. The number of methoxy groups -OCH3 is 1. The third kappa shape index (κ3) is 7.90. The number of nitrogens with one attached hydrogen (secondary N) is 2. The van der Waals surface area contributed by atoms with Crippen molar-refractivity contribution in [1.29, 1.82) is 0 Å². The Bertz CT molecular complexity index is 694. The third-order valence-electron chi connectivity index (χ3n) is 2.93. The first-order chi connectivity index (χ1) is 11.0. The normalized spacial score (nSPS) is 12.9. The van der Waals surface area contributed by atoms with E-state index >= 15 is 0 Å². The highest BCUT2D eigenvalue weighted by Gasteiger charge is 2.31. The Morgan fingerprint density at radius 3 is 2.36 bits per heavy atom. The van der Waals surface area contributed by atoms with Gasteiger partial charge < -0.3 is 15.8 Å². The van der Waals surface area contributed by atoms with Gasteiger partial charge in [0, 0.05) is 13.7 Å². The fraction of sp³-hybridized carbons (Fsp3) is 0.462. The number of anilines is 2. The van der Waals surface area contributed by atoms with Crippen molar-refractivity contribution in [1.82, 2.24) is 0 Å². The fourth-order valence-corrected chi connectivity index (χ4v) is 2.36. The molecule has 25 heavy (non-hydrogen) atoms. The molecule has 0 radical (unpaired) electrons. The van der Waals surface area contributed by atoms with E-state index < -0.39 is 33.8 Å². The second kappa shape index (κ2) is 9.22. The van der Waals surface area contributed by atoms with Gasteiger partial charge in [0.15, 0.2) is 0 Å². The van der Waals surface area contributed by atoms with Crippen LogP contribution in [-0.4, -0.2) is 40.3 Å². The summed E-state index contributed by atoms with van der Waals surface area (Å²) in [4.78, 5) is 11.9. The summed E-state index contributed by atoms with van der Waals surface area (Å²) in [6, 6.07) is 2.28. The molecule has 1 amide bonds. The first-order valence-corrected chi connectivity index (χ1v) is 8.57. The van der Waals surface area contributed by atoms with Gasteiger partial charge in [-0.1, -0.05) is 0 Å². The maximum atomic E-state index is 12.8. The number of carbonyl (C=O) groups is 1. The number of rotatable bonds is 7. The van der Waals surface area contributed by atoms with Crippen LogP contribution in [0, 0.1) is 0 Å². The summed E-state index contributed by atoms with van der Waals surface area (Å²) in [7, 11) is -2.40. The van der Waals surface area contributed by atoms with E-state index in [0.29, 0.717) is 12.1 Å². The number of benzene rings is 1. The van der Waals surface area contributed by atoms with Crippen molar-refractivity contribution in [3.8, 4) is 0 Å². The number of halogens is 4. The molecule has 7 nitrogen and oxygen atoms in total. The van der Waals surface area contributed by atoms with Gasteiger partial charge in [-0.2, -0.15) is 13.2 Å². The summed E-state index contributed by atoms with van der Waals surface area (Å²) >= 11 is 0. The second-order valence-electron chi connectivity index (χ2n) is 4.98. The molecule has 0 bridgehead atoms. The Morgan fingerprint density at radius 1 is 1.32 bits per heavy atom. The van der Waals surface area contributed by atoms with Gasteiger partial charge in [-0.15, -0.1) is 12.4 Å². The molecule has 0 saturated heterocycles. The molecule has 1 aromatic rings. The van der Waals surface area contributed by atoms with E-state index in [-0.39, 0.29) is 36.7 Å². The van der Waals surface area contributed by atoms with E-state index in [9.17, 15) is 26.4 Å². The van der Waals surface area contributed by atoms with E-state index in [0.717, 1.165) is 12.3 Å². The van der Waals surface area contributed by atoms with E-state index in [4.69, 9.17) is 10.5 Å². The zero-order valence-electron chi connectivity index (χ0n) is 13.4. The molecule has 12 heteroatoms. The van der Waals surface area contributed by atoms with Crippen molar-refractivity contribution in [3.05, 3.63) is 23.8 Å². The van der Waals surface area contributed by atoms with Crippen LogP contribution in [0.3, 0.4) is 0 Å². The predicted octanol–water partition coefficient (Wildman–Crippen LogP) is 1.80. The number of sulfonamides is 1. The van der Waals surface area contributed by atoms with Gasteiger partial charge in [0.25, 0.3) is 0 Å². The van der Waals surface area contributed by atoms with Crippen molar-refractivity contribution in [2.24, 2.45) is 5.73 Å². The number of alkyl halides is 3. The van der Waals surface area contributed by atoms with E-state index in [2.05, 4.69) is 5.32 Å². The highest BCUT2D eigenvalue weighted by atomic mass is 35.5. The lowest BCUT2D eigenvalue weighted by Crippen LogP contribution is -2.28. The summed E-state index contributed by atoms with van der Waals surface area (Å²) in [5.41, 5.74) is 3.85. The number of hydrogen-bond donors (Lipinski definition) is 3. The minimum Gasteiger partial charge on any atom is -0.380 e. The predicted molar refractivity (Wildman–Crippen MR) is 90.3 cm³/mol. The van der Waals surface area contributed by atoms with Crippen molar-refractivity contribution < 1.29 is 31.1 Å². The van der Waals surface area contributed by atoms with Crippen LogP contribution in [0.15, 0.2) is 18.2 Å². The Morgan fingerprint density at radius 2 is 1.92 bits per heavy atom. The van der Waals surface area contributed by atoms with Crippen molar-refractivity contribution in [2.45, 2.75) is 18.7 Å². The van der Waals surface area contributed by atoms with Gasteiger partial charge in [0.1, 0.15) is 0 Å². The minimum absolute atomic E-state index is 0. The van der Waals surface area contributed by atoms with Crippen LogP contribution in [0.25, 0.3) is 0 Å². The monoisotopic (exact) mass is 405 g/mol. The van der Waals surface area contributed by atoms with Crippen molar-refractivity contribution in [3.63, 3.8) is 0 Å². The van der Waals surface area contributed by atoms with Crippen LogP contribution < -0.4 is 15.8 Å². The van der Waals surface area contributed by atoms with Crippen LogP contribution in [0.4, 0.5) is 24.5 Å². The molecule has 0 aromatic heterocycles. The molecule has 0 aliphatic heterocycles. The molecule has 0 spiro atoms. The Hall–Kier alpha value is -1.56. The average molecular weight is 406 g/mol. The summed E-state index contributed by atoms with van der Waals surface area (Å²) in [6.07, 6.45) is -4.61. The van der Waals surface area contributed by atoms with Crippen LogP contribution in [0.2, 0.25) is 0 Å². The fourth-order valence-electron chi connectivity index (χ4n) is 1.78. The molecular formula is C13H19ClF3N3O4S. The van der Waals surface area contributed by atoms with Crippen LogP contribution in [0.5, 0.6) is 0 Å². The summed E-state index contributed by atoms with van der Waals surface area (Å²) in [5.74, 6) is -0.664. The lowest BCUT2D eigenvalue weighted by Gasteiger charge is -2.17. The standard InChI is InChI=1S/C13H18F3N3O4S.ClH/c1-23-9(7-17)6-12(20)18-11-5-8(13(14,15)16)3-4-10(11)19-24(2,21)22;/h3-5,9,19H,6-7,17H2,1-2H3,(H,18,20);1H. The molecule has 1 rings (SSSR count). The molecule has 1 aromatic carbocycles. The molecular weight excluding hydrogens is 387 g/mol. The molecule has 1 unspecified atom stereocenters. The molecule has 144 valence electrons. The molecule has 0 saturated carbocycles. The number of carbonyl (C=O) groups excluding carboxylic acids is 1. The lowest BCUT2D eigenvalue weighted by molar-refractivity contribution is -0.137. The van der Waals surface area contributed by atoms with Crippen molar-refractivity contribution >= 4 is 39.7 Å². The first kappa shape index (κ1) is 23.4.